The second kappa shape index (κ2) is 6.43. The van der Waals surface area contributed by atoms with Gasteiger partial charge in [0.05, 0.1) is 6.10 Å². The molecule has 3 nitrogen and oxygen atoms in total. The maximum atomic E-state index is 10.8. The predicted octanol–water partition coefficient (Wildman–Crippen LogP) is 4.57. The van der Waals surface area contributed by atoms with Crippen molar-refractivity contribution in [1.29, 1.82) is 0 Å². The lowest BCUT2D eigenvalue weighted by atomic mass is 9.46. The van der Waals surface area contributed by atoms with Crippen LogP contribution in [0, 0.1) is 22.7 Å². The Labute approximate surface area is 140 Å². The molecule has 2 aliphatic rings. The van der Waals surface area contributed by atoms with E-state index in [9.17, 15) is 9.90 Å². The van der Waals surface area contributed by atoms with Crippen LogP contribution in [0.4, 0.5) is 0 Å². The Hall–Kier alpha value is -1.09. The molecule has 0 saturated heterocycles. The van der Waals surface area contributed by atoms with Gasteiger partial charge >= 0.3 is 5.97 Å². The van der Waals surface area contributed by atoms with Crippen molar-refractivity contribution in [3.05, 3.63) is 23.8 Å². The molecule has 0 aliphatic heterocycles. The van der Waals surface area contributed by atoms with E-state index in [1.165, 1.54) is 11.6 Å². The van der Waals surface area contributed by atoms with Crippen LogP contribution < -0.4 is 0 Å². The highest BCUT2D eigenvalue weighted by Crippen LogP contribution is 2.61. The molecule has 0 aromatic heterocycles. The fourth-order valence-corrected chi connectivity index (χ4v) is 5.35. The van der Waals surface area contributed by atoms with Crippen molar-refractivity contribution in [1.82, 2.24) is 0 Å². The summed E-state index contributed by atoms with van der Waals surface area (Å²) in [7, 11) is 0. The van der Waals surface area contributed by atoms with Gasteiger partial charge in [0.2, 0.25) is 0 Å². The summed E-state index contributed by atoms with van der Waals surface area (Å²) in [4.78, 5) is 10.8. The number of aliphatic hydroxyl groups excluding tert-OH is 1. The van der Waals surface area contributed by atoms with E-state index in [0.717, 1.165) is 44.1 Å². The quantitative estimate of drug-likeness (QED) is 0.589. The van der Waals surface area contributed by atoms with Crippen molar-refractivity contribution in [3.8, 4) is 0 Å². The number of aliphatic carboxylic acids is 1. The highest BCUT2D eigenvalue weighted by Gasteiger charge is 2.55. The van der Waals surface area contributed by atoms with E-state index in [-0.39, 0.29) is 16.9 Å². The van der Waals surface area contributed by atoms with Gasteiger partial charge in [0, 0.05) is 6.08 Å². The molecular weight excluding hydrogens is 288 g/mol. The first-order valence-electron chi connectivity index (χ1n) is 8.85. The summed E-state index contributed by atoms with van der Waals surface area (Å²) in [5.74, 6) is 0.0548. The maximum absolute atomic E-state index is 10.8. The van der Waals surface area contributed by atoms with E-state index in [0.29, 0.717) is 11.8 Å². The zero-order valence-electron chi connectivity index (χ0n) is 15.1. The number of aliphatic hydroxyl groups is 1. The Morgan fingerprint density at radius 3 is 2.61 bits per heavy atom. The highest BCUT2D eigenvalue weighted by molar-refractivity contribution is 5.80. The van der Waals surface area contributed by atoms with Crippen molar-refractivity contribution < 1.29 is 15.0 Å². The number of fused-ring (bicyclic) bond motifs is 1. The van der Waals surface area contributed by atoms with Crippen LogP contribution in [0.3, 0.4) is 0 Å². The normalized spacial score (nSPS) is 37.3. The number of carboxylic acid groups (broad SMARTS) is 1. The van der Waals surface area contributed by atoms with Crippen molar-refractivity contribution >= 4 is 5.97 Å². The number of hydrogen-bond acceptors (Lipinski definition) is 2. The Kier molecular flexibility index (Phi) is 5.10. The fraction of sp³-hybridized carbons (Fsp3) is 0.750. The number of allylic oxidation sites excluding steroid dienone is 2. The molecule has 2 fully saturated rings. The van der Waals surface area contributed by atoms with Crippen LogP contribution in [0.2, 0.25) is 0 Å². The Balaban J connectivity index is 2.21. The summed E-state index contributed by atoms with van der Waals surface area (Å²) >= 11 is 0. The van der Waals surface area contributed by atoms with E-state index in [1.807, 2.05) is 6.92 Å². The molecule has 0 aromatic carbocycles. The molecule has 0 amide bonds. The van der Waals surface area contributed by atoms with E-state index in [1.54, 1.807) is 0 Å². The van der Waals surface area contributed by atoms with Gasteiger partial charge in [-0.1, -0.05) is 38.5 Å². The third-order valence-electron chi connectivity index (χ3n) is 6.75. The van der Waals surface area contributed by atoms with Gasteiger partial charge in [-0.25, -0.2) is 4.79 Å². The molecule has 4 atom stereocenters. The molecule has 23 heavy (non-hydrogen) atoms. The molecule has 2 saturated carbocycles. The molecule has 0 aromatic rings. The zero-order valence-corrected chi connectivity index (χ0v) is 15.1. The fourth-order valence-electron chi connectivity index (χ4n) is 5.35. The predicted molar refractivity (Wildman–Crippen MR) is 93.1 cm³/mol. The molecule has 0 spiro atoms. The summed E-state index contributed by atoms with van der Waals surface area (Å²) in [5, 5.41) is 19.3. The molecule has 0 radical (unpaired) electrons. The number of rotatable bonds is 4. The third-order valence-corrected chi connectivity index (χ3v) is 6.75. The Morgan fingerprint density at radius 1 is 1.35 bits per heavy atom. The molecule has 130 valence electrons. The molecule has 3 heteroatoms. The topological polar surface area (TPSA) is 57.5 Å². The number of hydrogen-bond donors (Lipinski definition) is 2. The summed E-state index contributed by atoms with van der Waals surface area (Å²) < 4.78 is 0. The molecule has 2 rings (SSSR count). The van der Waals surface area contributed by atoms with Crippen molar-refractivity contribution in [2.45, 2.75) is 72.3 Å². The van der Waals surface area contributed by atoms with Gasteiger partial charge in [-0.05, 0) is 68.1 Å². The van der Waals surface area contributed by atoms with Gasteiger partial charge in [-0.15, -0.1) is 0 Å². The summed E-state index contributed by atoms with van der Waals surface area (Å²) in [6, 6.07) is 0. The van der Waals surface area contributed by atoms with Gasteiger partial charge < -0.3 is 10.2 Å². The van der Waals surface area contributed by atoms with Crippen LogP contribution in [-0.2, 0) is 4.79 Å². The van der Waals surface area contributed by atoms with Gasteiger partial charge in [0.25, 0.3) is 0 Å². The Bertz CT molecular complexity index is 517. The summed E-state index contributed by atoms with van der Waals surface area (Å²) in [5.41, 5.74) is 2.35. The first kappa shape index (κ1) is 18.3. The van der Waals surface area contributed by atoms with Crippen molar-refractivity contribution in [2.24, 2.45) is 22.7 Å². The van der Waals surface area contributed by atoms with Crippen LogP contribution in [0.5, 0.6) is 0 Å². The van der Waals surface area contributed by atoms with Gasteiger partial charge in [0.1, 0.15) is 0 Å². The van der Waals surface area contributed by atoms with Crippen LogP contribution in [0.1, 0.15) is 66.2 Å². The minimum absolute atomic E-state index is 0.0576. The number of carboxylic acids is 1. The van der Waals surface area contributed by atoms with Crippen LogP contribution in [0.15, 0.2) is 23.8 Å². The Morgan fingerprint density at radius 2 is 2.00 bits per heavy atom. The van der Waals surface area contributed by atoms with E-state index in [2.05, 4.69) is 27.4 Å². The van der Waals surface area contributed by atoms with E-state index < -0.39 is 5.97 Å². The minimum Gasteiger partial charge on any atom is -0.478 e. The average Bonchev–Trinajstić information content (AvgIpc) is 2.42. The highest BCUT2D eigenvalue weighted by atomic mass is 16.4. The molecule has 2 aliphatic carbocycles. The maximum Gasteiger partial charge on any atom is 0.328 e. The van der Waals surface area contributed by atoms with Crippen LogP contribution >= 0.6 is 0 Å². The largest absolute Gasteiger partial charge is 0.478 e. The van der Waals surface area contributed by atoms with E-state index >= 15 is 0 Å². The molecule has 2 N–H and O–H groups in total. The van der Waals surface area contributed by atoms with Crippen LogP contribution in [-0.4, -0.2) is 22.3 Å². The summed E-state index contributed by atoms with van der Waals surface area (Å²) in [6.07, 6.45) is 6.90. The summed E-state index contributed by atoms with van der Waals surface area (Å²) in [6.45, 7) is 13.0. The van der Waals surface area contributed by atoms with Gasteiger partial charge in [0.15, 0.2) is 0 Å². The molecule has 0 heterocycles. The second-order valence-electron chi connectivity index (χ2n) is 8.55. The first-order valence-corrected chi connectivity index (χ1v) is 8.85. The molecule has 0 bridgehead atoms. The standard InChI is InChI=1S/C20H32O3/c1-13(12-18(22)23)6-8-15-14(2)7-9-16-19(3,4)17(21)10-11-20(15,16)5/h12,15-17,21H,2,6-11H2,1,3-5H3,(H,22,23)/b13-12+/t15-,16-,17-,20+/m0/s1. The number of carbonyl (C=O) groups is 1. The van der Waals surface area contributed by atoms with Crippen LogP contribution in [0.25, 0.3) is 0 Å². The van der Waals surface area contributed by atoms with Crippen molar-refractivity contribution in [2.75, 3.05) is 0 Å². The molecular formula is C20H32O3. The minimum atomic E-state index is -0.865. The first-order chi connectivity index (χ1) is 10.6. The lowest BCUT2D eigenvalue weighted by Gasteiger charge is -2.59. The SMILES string of the molecule is C=C1CC[C@H]2C(C)(C)[C@@H](O)CC[C@]2(C)[C@H]1CC/C(C)=C/C(=O)O. The smallest absolute Gasteiger partial charge is 0.328 e. The monoisotopic (exact) mass is 320 g/mol. The average molecular weight is 320 g/mol. The van der Waals surface area contributed by atoms with Gasteiger partial charge in [-0.3, -0.25) is 0 Å². The zero-order chi connectivity index (χ0) is 17.4. The van der Waals surface area contributed by atoms with E-state index in [4.69, 9.17) is 5.11 Å². The van der Waals surface area contributed by atoms with Gasteiger partial charge in [-0.2, -0.15) is 0 Å². The third kappa shape index (κ3) is 3.40. The second-order valence-corrected chi connectivity index (χ2v) is 8.55. The molecule has 0 unspecified atom stereocenters. The van der Waals surface area contributed by atoms with Crippen molar-refractivity contribution in [3.63, 3.8) is 0 Å². The lowest BCUT2D eigenvalue weighted by molar-refractivity contribution is -0.131. The lowest BCUT2D eigenvalue weighted by Crippen LogP contribution is -2.54.